The Bertz CT molecular complexity index is 303. The number of rotatable bonds is 1. The van der Waals surface area contributed by atoms with Crippen LogP contribution in [-0.2, 0) is 19.9 Å². The van der Waals surface area contributed by atoms with Gasteiger partial charge in [0.15, 0.2) is 0 Å². The van der Waals surface area contributed by atoms with Crippen LogP contribution in [0.25, 0.3) is 0 Å². The first kappa shape index (κ1) is 9.69. The highest BCUT2D eigenvalue weighted by Gasteiger charge is 2.16. The predicted molar refractivity (Wildman–Crippen MR) is 56.0 cm³/mol. The minimum Gasteiger partial charge on any atom is -0.252 e. The topological polar surface area (TPSA) is 30.7 Å². The van der Waals surface area contributed by atoms with E-state index in [4.69, 9.17) is 0 Å². The van der Waals surface area contributed by atoms with Crippen LogP contribution in [0, 0.1) is 5.92 Å². The Morgan fingerprint density at radius 1 is 1.36 bits per heavy atom. The van der Waals surface area contributed by atoms with Gasteiger partial charge in [-0.3, -0.25) is 4.68 Å². The van der Waals surface area contributed by atoms with Crippen LogP contribution < -0.4 is 0 Å². The first-order valence-corrected chi connectivity index (χ1v) is 5.68. The number of aromatic nitrogens is 3. The first-order valence-electron chi connectivity index (χ1n) is 5.68. The Morgan fingerprint density at radius 3 is 3.00 bits per heavy atom. The number of hydrogen-bond donors (Lipinski definition) is 0. The molecule has 0 aromatic carbocycles. The van der Waals surface area contributed by atoms with E-state index in [0.29, 0.717) is 0 Å². The number of hydrogen-bond acceptors (Lipinski definition) is 2. The average molecular weight is 193 g/mol. The summed E-state index contributed by atoms with van der Waals surface area (Å²) in [6.07, 6.45) is 7.57. The van der Waals surface area contributed by atoms with Crippen LogP contribution in [0.1, 0.15) is 44.0 Å². The van der Waals surface area contributed by atoms with Gasteiger partial charge >= 0.3 is 0 Å². The molecule has 14 heavy (non-hydrogen) atoms. The van der Waals surface area contributed by atoms with Crippen molar-refractivity contribution in [2.45, 2.75) is 45.4 Å². The SMILES string of the molecule is CCC1CCCc2c(nnn2C)CC1. The lowest BCUT2D eigenvalue weighted by Crippen LogP contribution is -2.09. The van der Waals surface area contributed by atoms with Crippen molar-refractivity contribution >= 4 is 0 Å². The second-order valence-electron chi connectivity index (χ2n) is 4.31. The van der Waals surface area contributed by atoms with E-state index < -0.39 is 0 Å². The molecule has 0 bridgehead atoms. The Balaban J connectivity index is 2.14. The highest BCUT2D eigenvalue weighted by atomic mass is 15.4. The Kier molecular flexibility index (Phi) is 2.85. The van der Waals surface area contributed by atoms with Gasteiger partial charge in [0.25, 0.3) is 0 Å². The van der Waals surface area contributed by atoms with Gasteiger partial charge in [-0.05, 0) is 31.6 Å². The summed E-state index contributed by atoms with van der Waals surface area (Å²) in [6.45, 7) is 2.30. The van der Waals surface area contributed by atoms with Crippen LogP contribution >= 0.6 is 0 Å². The largest absolute Gasteiger partial charge is 0.252 e. The van der Waals surface area contributed by atoms with E-state index in [1.54, 1.807) is 0 Å². The molecule has 0 saturated heterocycles. The Labute approximate surface area is 85.5 Å². The molecule has 1 atom stereocenters. The maximum Gasteiger partial charge on any atom is 0.0859 e. The van der Waals surface area contributed by atoms with Crippen molar-refractivity contribution in [3.8, 4) is 0 Å². The second-order valence-corrected chi connectivity index (χ2v) is 4.31. The molecule has 0 saturated carbocycles. The van der Waals surface area contributed by atoms with Gasteiger partial charge in [0.2, 0.25) is 0 Å². The first-order chi connectivity index (χ1) is 6.81. The summed E-state index contributed by atoms with van der Waals surface area (Å²) in [5, 5.41) is 8.34. The number of aryl methyl sites for hydroxylation is 2. The quantitative estimate of drug-likeness (QED) is 0.684. The molecule has 0 fully saturated rings. The molecular weight excluding hydrogens is 174 g/mol. The molecule has 0 N–H and O–H groups in total. The van der Waals surface area contributed by atoms with Gasteiger partial charge in [-0.25, -0.2) is 0 Å². The van der Waals surface area contributed by atoms with E-state index in [2.05, 4.69) is 17.2 Å². The Morgan fingerprint density at radius 2 is 2.21 bits per heavy atom. The summed E-state index contributed by atoms with van der Waals surface area (Å²) in [5.41, 5.74) is 2.60. The third-order valence-electron chi connectivity index (χ3n) is 3.42. The van der Waals surface area contributed by atoms with Crippen molar-refractivity contribution in [1.29, 1.82) is 0 Å². The summed E-state index contributed by atoms with van der Waals surface area (Å²) in [6, 6.07) is 0. The number of nitrogens with zero attached hydrogens (tertiary/aromatic N) is 3. The summed E-state index contributed by atoms with van der Waals surface area (Å²) < 4.78 is 1.95. The van der Waals surface area contributed by atoms with Crippen molar-refractivity contribution in [3.05, 3.63) is 11.4 Å². The molecule has 1 heterocycles. The maximum absolute atomic E-state index is 4.24. The van der Waals surface area contributed by atoms with Crippen LogP contribution in [0.2, 0.25) is 0 Å². The third kappa shape index (κ3) is 1.81. The summed E-state index contributed by atoms with van der Waals surface area (Å²) in [7, 11) is 2.00. The van der Waals surface area contributed by atoms with Crippen molar-refractivity contribution in [1.82, 2.24) is 15.0 Å². The number of fused-ring (bicyclic) bond motifs is 1. The monoisotopic (exact) mass is 193 g/mol. The van der Waals surface area contributed by atoms with E-state index in [1.165, 1.54) is 37.1 Å². The molecule has 0 amide bonds. The zero-order valence-electron chi connectivity index (χ0n) is 9.16. The fourth-order valence-corrected chi connectivity index (χ4v) is 2.37. The maximum atomic E-state index is 4.24. The normalized spacial score (nSPS) is 22.6. The lowest BCUT2D eigenvalue weighted by atomic mass is 9.90. The van der Waals surface area contributed by atoms with Gasteiger partial charge in [-0.15, -0.1) is 5.10 Å². The van der Waals surface area contributed by atoms with Crippen LogP contribution in [0.15, 0.2) is 0 Å². The van der Waals surface area contributed by atoms with Crippen LogP contribution in [0.4, 0.5) is 0 Å². The van der Waals surface area contributed by atoms with Gasteiger partial charge in [-0.1, -0.05) is 25.0 Å². The molecule has 1 unspecified atom stereocenters. The highest BCUT2D eigenvalue weighted by molar-refractivity contribution is 5.11. The molecule has 78 valence electrons. The summed E-state index contributed by atoms with van der Waals surface area (Å²) >= 11 is 0. The van der Waals surface area contributed by atoms with E-state index in [-0.39, 0.29) is 0 Å². The standard InChI is InChI=1S/C11H19N3/c1-3-9-5-4-6-11-10(8-7-9)12-13-14(11)2/h9H,3-8H2,1-2H3. The van der Waals surface area contributed by atoms with E-state index in [1.807, 2.05) is 11.7 Å². The Hall–Kier alpha value is -0.860. The molecule has 1 aromatic heterocycles. The van der Waals surface area contributed by atoms with Crippen LogP contribution in [0.3, 0.4) is 0 Å². The lowest BCUT2D eigenvalue weighted by Gasteiger charge is -2.17. The third-order valence-corrected chi connectivity index (χ3v) is 3.42. The van der Waals surface area contributed by atoms with Gasteiger partial charge in [-0.2, -0.15) is 0 Å². The van der Waals surface area contributed by atoms with Gasteiger partial charge in [0.1, 0.15) is 0 Å². The van der Waals surface area contributed by atoms with Crippen LogP contribution in [-0.4, -0.2) is 15.0 Å². The smallest absolute Gasteiger partial charge is 0.0859 e. The highest BCUT2D eigenvalue weighted by Crippen LogP contribution is 2.23. The van der Waals surface area contributed by atoms with Crippen LogP contribution in [0.5, 0.6) is 0 Å². The van der Waals surface area contributed by atoms with E-state index >= 15 is 0 Å². The average Bonchev–Trinajstić information content (AvgIpc) is 2.47. The molecular formula is C11H19N3. The molecule has 3 heteroatoms. The van der Waals surface area contributed by atoms with Crippen molar-refractivity contribution in [2.75, 3.05) is 0 Å². The summed E-state index contributed by atoms with van der Waals surface area (Å²) in [4.78, 5) is 0. The molecule has 1 aromatic rings. The fourth-order valence-electron chi connectivity index (χ4n) is 2.37. The van der Waals surface area contributed by atoms with Gasteiger partial charge in [0, 0.05) is 7.05 Å². The molecule has 0 aliphatic heterocycles. The van der Waals surface area contributed by atoms with Gasteiger partial charge in [0.05, 0.1) is 11.4 Å². The van der Waals surface area contributed by atoms with Crippen molar-refractivity contribution in [3.63, 3.8) is 0 Å². The fraction of sp³-hybridized carbons (Fsp3) is 0.818. The van der Waals surface area contributed by atoms with Crippen molar-refractivity contribution in [2.24, 2.45) is 13.0 Å². The molecule has 0 spiro atoms. The molecule has 1 aliphatic carbocycles. The molecule has 0 radical (unpaired) electrons. The molecule has 3 nitrogen and oxygen atoms in total. The zero-order chi connectivity index (χ0) is 9.97. The minimum atomic E-state index is 0.908. The summed E-state index contributed by atoms with van der Waals surface area (Å²) in [5.74, 6) is 0.908. The second kappa shape index (κ2) is 4.11. The van der Waals surface area contributed by atoms with E-state index in [9.17, 15) is 0 Å². The van der Waals surface area contributed by atoms with Crippen molar-refractivity contribution < 1.29 is 0 Å². The minimum absolute atomic E-state index is 0.908. The van der Waals surface area contributed by atoms with E-state index in [0.717, 1.165) is 18.8 Å². The molecule has 1 aliphatic rings. The van der Waals surface area contributed by atoms with Gasteiger partial charge < -0.3 is 0 Å². The lowest BCUT2D eigenvalue weighted by molar-refractivity contribution is 0.410. The predicted octanol–water partition coefficient (Wildman–Crippen LogP) is 2.11. The zero-order valence-corrected chi connectivity index (χ0v) is 9.16. The molecule has 2 rings (SSSR count).